The van der Waals surface area contributed by atoms with Gasteiger partial charge < -0.3 is 15.0 Å². The van der Waals surface area contributed by atoms with Gasteiger partial charge in [0.15, 0.2) is 9.84 Å². The molecule has 7 heteroatoms. The highest BCUT2D eigenvalue weighted by Crippen LogP contribution is 2.19. The highest BCUT2D eigenvalue weighted by Gasteiger charge is 2.33. The van der Waals surface area contributed by atoms with E-state index >= 15 is 0 Å². The maximum Gasteiger partial charge on any atom is 0.317 e. The average Bonchev–Trinajstić information content (AvgIpc) is 2.86. The van der Waals surface area contributed by atoms with E-state index in [4.69, 9.17) is 4.74 Å². The van der Waals surface area contributed by atoms with Crippen molar-refractivity contribution in [3.8, 4) is 5.75 Å². The van der Waals surface area contributed by atoms with Crippen LogP contribution in [-0.4, -0.2) is 50.6 Å². The third kappa shape index (κ3) is 3.91. The summed E-state index contributed by atoms with van der Waals surface area (Å²) in [6, 6.07) is 7.00. The number of rotatable bonds is 5. The number of urea groups is 1. The number of sulfone groups is 1. The van der Waals surface area contributed by atoms with Crippen LogP contribution in [0.3, 0.4) is 0 Å². The Kier molecular flexibility index (Phi) is 5.28. The Labute approximate surface area is 131 Å². The highest BCUT2D eigenvalue weighted by molar-refractivity contribution is 7.91. The molecule has 1 fully saturated rings. The zero-order chi connectivity index (χ0) is 16.2. The number of carbonyl (C=O) groups excluding carboxylic acids is 1. The molecule has 1 atom stereocenters. The third-order valence-corrected chi connectivity index (χ3v) is 5.62. The topological polar surface area (TPSA) is 75.7 Å². The van der Waals surface area contributed by atoms with Crippen molar-refractivity contribution in [1.29, 1.82) is 0 Å². The number of methoxy groups -OCH3 is 1. The molecule has 0 spiro atoms. The lowest BCUT2D eigenvalue weighted by molar-refractivity contribution is 0.183. The molecule has 1 aliphatic rings. The second kappa shape index (κ2) is 7.00. The van der Waals surface area contributed by atoms with Crippen LogP contribution in [-0.2, 0) is 16.4 Å². The van der Waals surface area contributed by atoms with Gasteiger partial charge in [0.25, 0.3) is 0 Å². The zero-order valence-corrected chi connectivity index (χ0v) is 13.7. The smallest absolute Gasteiger partial charge is 0.317 e. The van der Waals surface area contributed by atoms with Gasteiger partial charge in [0.05, 0.1) is 18.6 Å². The first-order valence-corrected chi connectivity index (χ1v) is 9.15. The van der Waals surface area contributed by atoms with E-state index < -0.39 is 9.84 Å². The summed E-state index contributed by atoms with van der Waals surface area (Å²) < 4.78 is 28.4. The molecule has 2 amide bonds. The lowest BCUT2D eigenvalue weighted by Gasteiger charge is -2.27. The summed E-state index contributed by atoms with van der Waals surface area (Å²) in [5, 5.41) is 2.84. The van der Waals surface area contributed by atoms with Gasteiger partial charge in [-0.1, -0.05) is 18.2 Å². The Morgan fingerprint density at radius 3 is 2.73 bits per heavy atom. The van der Waals surface area contributed by atoms with E-state index in [0.717, 1.165) is 5.56 Å². The van der Waals surface area contributed by atoms with Crippen LogP contribution in [0.1, 0.15) is 18.9 Å². The minimum atomic E-state index is -3.00. The van der Waals surface area contributed by atoms with Gasteiger partial charge in [-0.05, 0) is 19.4 Å². The van der Waals surface area contributed by atoms with Crippen LogP contribution in [0, 0.1) is 0 Å². The largest absolute Gasteiger partial charge is 0.496 e. The van der Waals surface area contributed by atoms with Crippen molar-refractivity contribution in [3.05, 3.63) is 29.8 Å². The first-order chi connectivity index (χ1) is 10.5. The number of ether oxygens (including phenoxy) is 1. The van der Waals surface area contributed by atoms with Crippen LogP contribution in [0.15, 0.2) is 24.3 Å². The predicted octanol–water partition coefficient (Wildman–Crippen LogP) is 1.41. The van der Waals surface area contributed by atoms with Gasteiger partial charge in [0.1, 0.15) is 5.75 Å². The number of hydrogen-bond donors (Lipinski definition) is 1. The molecule has 1 aromatic rings. The number of carbonyl (C=O) groups is 1. The molecule has 0 bridgehead atoms. The molecule has 2 rings (SSSR count). The van der Waals surface area contributed by atoms with Gasteiger partial charge in [-0.3, -0.25) is 0 Å². The molecule has 6 nitrogen and oxygen atoms in total. The quantitative estimate of drug-likeness (QED) is 0.888. The van der Waals surface area contributed by atoms with E-state index in [1.54, 1.807) is 12.0 Å². The summed E-state index contributed by atoms with van der Waals surface area (Å²) in [6.07, 6.45) is 0.512. The Balaban J connectivity index is 1.98. The second-order valence-electron chi connectivity index (χ2n) is 5.31. The first-order valence-electron chi connectivity index (χ1n) is 7.33. The summed E-state index contributed by atoms with van der Waals surface area (Å²) >= 11 is 0. The molecule has 1 N–H and O–H groups in total. The van der Waals surface area contributed by atoms with E-state index in [2.05, 4.69) is 5.32 Å². The van der Waals surface area contributed by atoms with Gasteiger partial charge >= 0.3 is 6.03 Å². The van der Waals surface area contributed by atoms with Gasteiger partial charge in [-0.25, -0.2) is 13.2 Å². The van der Waals surface area contributed by atoms with E-state index in [1.165, 1.54) is 0 Å². The lowest BCUT2D eigenvalue weighted by atomic mass is 10.2. The van der Waals surface area contributed by atoms with Gasteiger partial charge in [-0.15, -0.1) is 0 Å². The Bertz CT molecular complexity index is 630. The molecule has 1 saturated heterocycles. The van der Waals surface area contributed by atoms with Crippen molar-refractivity contribution >= 4 is 15.9 Å². The first kappa shape index (κ1) is 16.6. The molecule has 1 aliphatic heterocycles. The van der Waals surface area contributed by atoms with Gasteiger partial charge in [-0.2, -0.15) is 0 Å². The van der Waals surface area contributed by atoms with Crippen LogP contribution in [0.4, 0.5) is 4.79 Å². The fourth-order valence-electron chi connectivity index (χ4n) is 2.71. The average molecular weight is 326 g/mol. The standard InChI is InChI=1S/C15H22N2O4S/c1-3-17(13-8-9-22(19,20)11-13)15(18)16-10-12-6-4-5-7-14(12)21-2/h4-7,13H,3,8-11H2,1-2H3,(H,16,18). The van der Waals surface area contributed by atoms with E-state index in [9.17, 15) is 13.2 Å². The molecular formula is C15H22N2O4S. The fourth-order valence-corrected chi connectivity index (χ4v) is 4.44. The minimum Gasteiger partial charge on any atom is -0.496 e. The van der Waals surface area contributed by atoms with Crippen molar-refractivity contribution in [2.75, 3.05) is 25.2 Å². The Morgan fingerprint density at radius 1 is 1.41 bits per heavy atom. The van der Waals surface area contributed by atoms with Crippen LogP contribution in [0.2, 0.25) is 0 Å². The van der Waals surface area contributed by atoms with Gasteiger partial charge in [0.2, 0.25) is 0 Å². The van der Waals surface area contributed by atoms with Crippen LogP contribution in [0.25, 0.3) is 0 Å². The third-order valence-electron chi connectivity index (χ3n) is 3.87. The fraction of sp³-hybridized carbons (Fsp3) is 0.533. The van der Waals surface area contributed by atoms with Crippen molar-refractivity contribution in [3.63, 3.8) is 0 Å². The molecule has 1 unspecified atom stereocenters. The summed E-state index contributed by atoms with van der Waals surface area (Å²) in [5.41, 5.74) is 0.883. The predicted molar refractivity (Wildman–Crippen MR) is 84.7 cm³/mol. The molecule has 0 aromatic heterocycles. The summed E-state index contributed by atoms with van der Waals surface area (Å²) in [4.78, 5) is 13.9. The molecular weight excluding hydrogens is 304 g/mol. The molecule has 0 radical (unpaired) electrons. The van der Waals surface area contributed by atoms with Crippen molar-refractivity contribution in [1.82, 2.24) is 10.2 Å². The molecule has 1 heterocycles. The van der Waals surface area contributed by atoms with E-state index in [-0.39, 0.29) is 23.6 Å². The van der Waals surface area contributed by atoms with Crippen molar-refractivity contribution < 1.29 is 17.9 Å². The number of hydrogen-bond acceptors (Lipinski definition) is 4. The minimum absolute atomic E-state index is 0.0585. The molecule has 0 aliphatic carbocycles. The molecule has 1 aromatic carbocycles. The molecule has 122 valence electrons. The highest BCUT2D eigenvalue weighted by atomic mass is 32.2. The normalized spacial score (nSPS) is 19.6. The molecule has 22 heavy (non-hydrogen) atoms. The summed E-state index contributed by atoms with van der Waals surface area (Å²) in [7, 11) is -1.42. The maximum atomic E-state index is 12.3. The van der Waals surface area contributed by atoms with Crippen molar-refractivity contribution in [2.24, 2.45) is 0 Å². The number of nitrogens with one attached hydrogen (secondary N) is 1. The number of benzene rings is 1. The van der Waals surface area contributed by atoms with Gasteiger partial charge in [0, 0.05) is 24.7 Å². The van der Waals surface area contributed by atoms with Crippen LogP contribution in [0.5, 0.6) is 5.75 Å². The number of nitrogens with zero attached hydrogens (tertiary/aromatic N) is 1. The lowest BCUT2D eigenvalue weighted by Crippen LogP contribution is -2.46. The number of para-hydroxylation sites is 1. The number of amides is 2. The van der Waals surface area contributed by atoms with Crippen LogP contribution >= 0.6 is 0 Å². The molecule has 0 saturated carbocycles. The maximum absolute atomic E-state index is 12.3. The Morgan fingerprint density at radius 2 is 2.14 bits per heavy atom. The zero-order valence-electron chi connectivity index (χ0n) is 12.9. The summed E-state index contributed by atoms with van der Waals surface area (Å²) in [6.45, 7) is 2.68. The SMILES string of the molecule is CCN(C(=O)NCc1ccccc1OC)C1CCS(=O)(=O)C1. The van der Waals surface area contributed by atoms with E-state index in [1.807, 2.05) is 31.2 Å². The van der Waals surface area contributed by atoms with Crippen molar-refractivity contribution in [2.45, 2.75) is 25.9 Å². The second-order valence-corrected chi connectivity index (χ2v) is 7.54. The van der Waals surface area contributed by atoms with Crippen LogP contribution < -0.4 is 10.1 Å². The Hall–Kier alpha value is -1.76. The van der Waals surface area contributed by atoms with E-state index in [0.29, 0.717) is 25.3 Å². The summed E-state index contributed by atoms with van der Waals surface area (Å²) in [5.74, 6) is 0.936. The monoisotopic (exact) mass is 326 g/mol.